The van der Waals surface area contributed by atoms with Gasteiger partial charge in [0.25, 0.3) is 0 Å². The Kier molecular flexibility index (Phi) is 11.2. The van der Waals surface area contributed by atoms with Crippen molar-refractivity contribution in [3.63, 3.8) is 0 Å². The molecule has 0 N–H and O–H groups in total. The van der Waals surface area contributed by atoms with E-state index in [-0.39, 0.29) is 51.4 Å². The Bertz CT molecular complexity index is 156. The van der Waals surface area contributed by atoms with Gasteiger partial charge in [-0.05, 0) is 6.42 Å². The molecule has 0 unspecified atom stereocenters. The van der Waals surface area contributed by atoms with Gasteiger partial charge >= 0.3 is 58.4 Å². The van der Waals surface area contributed by atoms with Crippen LogP contribution in [0.5, 0.6) is 0 Å². The standard InChI is InChI=1S/C7H11BF3.K/c1-2-3-4-5-6-7-8(9,10)11;/h2-5H2,1H3;/q-1;+1. The van der Waals surface area contributed by atoms with E-state index in [0.29, 0.717) is 6.42 Å². The van der Waals surface area contributed by atoms with Crippen LogP contribution in [0.25, 0.3) is 0 Å². The van der Waals surface area contributed by atoms with Gasteiger partial charge in [-0.25, -0.2) is 5.82 Å². The fraction of sp³-hybridized carbons (Fsp3) is 0.714. The van der Waals surface area contributed by atoms with Crippen molar-refractivity contribution in [2.75, 3.05) is 0 Å². The van der Waals surface area contributed by atoms with Crippen LogP contribution < -0.4 is 51.4 Å². The number of unbranched alkanes of at least 4 members (excludes halogenated alkanes) is 3. The minimum atomic E-state index is -4.88. The number of rotatable bonds is 3. The Balaban J connectivity index is 0. The van der Waals surface area contributed by atoms with Crippen molar-refractivity contribution in [3.8, 4) is 11.7 Å². The molecule has 0 aliphatic heterocycles. The van der Waals surface area contributed by atoms with E-state index >= 15 is 0 Å². The molecular formula is C7H11BF3K. The summed E-state index contributed by atoms with van der Waals surface area (Å²) in [6, 6.07) is 0. The predicted molar refractivity (Wildman–Crippen MR) is 41.0 cm³/mol. The van der Waals surface area contributed by atoms with Crippen molar-refractivity contribution < 1.29 is 64.3 Å². The van der Waals surface area contributed by atoms with Gasteiger partial charge in [-0.15, -0.1) is 5.92 Å². The average molecular weight is 202 g/mol. The third kappa shape index (κ3) is 13.6. The van der Waals surface area contributed by atoms with E-state index in [1.807, 2.05) is 6.92 Å². The SMILES string of the molecule is CCCCCC#C[B-](F)(F)F.[K+]. The summed E-state index contributed by atoms with van der Waals surface area (Å²) in [5.74, 6) is 3.41. The maximum atomic E-state index is 11.5. The first kappa shape index (κ1) is 15.5. The summed E-state index contributed by atoms with van der Waals surface area (Å²) >= 11 is 0. The van der Waals surface area contributed by atoms with Gasteiger partial charge in [0, 0.05) is 6.42 Å². The molecule has 0 bridgehead atoms. The Labute approximate surface area is 114 Å². The second-order valence-corrected chi connectivity index (χ2v) is 2.35. The normalized spacial score (nSPS) is 9.67. The van der Waals surface area contributed by atoms with Gasteiger partial charge in [0.05, 0.1) is 0 Å². The second-order valence-electron chi connectivity index (χ2n) is 2.35. The molecule has 0 aliphatic rings. The zero-order valence-electron chi connectivity index (χ0n) is 7.54. The number of halogens is 3. The van der Waals surface area contributed by atoms with Crippen LogP contribution in [0.15, 0.2) is 0 Å². The van der Waals surface area contributed by atoms with Gasteiger partial charge in [-0.1, -0.05) is 19.8 Å². The molecule has 0 aromatic heterocycles. The third-order valence-electron chi connectivity index (χ3n) is 1.17. The maximum Gasteiger partial charge on any atom is 1.00 e. The molecule has 0 radical (unpaired) electrons. The summed E-state index contributed by atoms with van der Waals surface area (Å²) in [7, 11) is 0. The summed E-state index contributed by atoms with van der Waals surface area (Å²) in [4.78, 5) is 0. The molecule has 0 saturated carbocycles. The molecular weight excluding hydrogens is 191 g/mol. The molecule has 0 rings (SSSR count). The van der Waals surface area contributed by atoms with Crippen molar-refractivity contribution in [2.45, 2.75) is 32.6 Å². The summed E-state index contributed by atoms with van der Waals surface area (Å²) in [5.41, 5.74) is 0. The topological polar surface area (TPSA) is 0 Å². The fourth-order valence-corrected chi connectivity index (χ4v) is 0.651. The Morgan fingerprint density at radius 2 is 1.75 bits per heavy atom. The van der Waals surface area contributed by atoms with E-state index < -0.39 is 6.98 Å². The molecule has 0 saturated heterocycles. The molecule has 5 heteroatoms. The Morgan fingerprint density at radius 1 is 1.17 bits per heavy atom. The molecule has 0 aliphatic carbocycles. The largest absolute Gasteiger partial charge is 1.00 e. The van der Waals surface area contributed by atoms with Crippen LogP contribution in [-0.2, 0) is 0 Å². The molecule has 64 valence electrons. The van der Waals surface area contributed by atoms with E-state index in [9.17, 15) is 12.9 Å². The van der Waals surface area contributed by atoms with Crippen LogP contribution in [0.1, 0.15) is 32.6 Å². The van der Waals surface area contributed by atoms with Crippen LogP contribution in [0.2, 0.25) is 0 Å². The van der Waals surface area contributed by atoms with Crippen molar-refractivity contribution in [3.05, 3.63) is 0 Å². The van der Waals surface area contributed by atoms with Crippen LogP contribution >= 0.6 is 0 Å². The van der Waals surface area contributed by atoms with E-state index in [0.717, 1.165) is 19.3 Å². The molecule has 0 amide bonds. The molecule has 0 aromatic carbocycles. The molecule has 0 nitrogen and oxygen atoms in total. The van der Waals surface area contributed by atoms with E-state index in [4.69, 9.17) is 0 Å². The van der Waals surface area contributed by atoms with Crippen LogP contribution in [0.4, 0.5) is 12.9 Å². The average Bonchev–Trinajstić information content (AvgIpc) is 1.85. The minimum Gasteiger partial charge on any atom is -0.438 e. The molecule has 0 fully saturated rings. The number of hydrogen-bond donors (Lipinski definition) is 0. The first-order chi connectivity index (χ1) is 5.06. The summed E-state index contributed by atoms with van der Waals surface area (Å²) < 4.78 is 34.4. The van der Waals surface area contributed by atoms with E-state index in [1.54, 1.807) is 0 Å². The van der Waals surface area contributed by atoms with Crippen molar-refractivity contribution in [2.24, 2.45) is 0 Å². The summed E-state index contributed by atoms with van der Waals surface area (Å²) in [6.07, 6.45) is 3.11. The first-order valence-electron chi connectivity index (χ1n) is 3.75. The predicted octanol–water partition coefficient (Wildman–Crippen LogP) is -0.0393. The molecule has 0 aromatic rings. The van der Waals surface area contributed by atoms with Gasteiger partial charge < -0.3 is 12.9 Å². The molecule has 0 heterocycles. The Morgan fingerprint density at radius 3 is 2.17 bits per heavy atom. The monoisotopic (exact) mass is 202 g/mol. The van der Waals surface area contributed by atoms with Crippen molar-refractivity contribution >= 4 is 6.98 Å². The fourth-order valence-electron chi connectivity index (χ4n) is 0.651. The first-order valence-corrected chi connectivity index (χ1v) is 3.75. The van der Waals surface area contributed by atoms with Crippen LogP contribution in [0, 0.1) is 11.7 Å². The van der Waals surface area contributed by atoms with Gasteiger partial charge in [0.2, 0.25) is 0 Å². The van der Waals surface area contributed by atoms with Gasteiger partial charge in [0.15, 0.2) is 0 Å². The van der Waals surface area contributed by atoms with E-state index in [1.165, 1.54) is 5.82 Å². The van der Waals surface area contributed by atoms with E-state index in [2.05, 4.69) is 5.92 Å². The minimum absolute atomic E-state index is 0. The van der Waals surface area contributed by atoms with Gasteiger partial charge in [0.1, 0.15) is 0 Å². The molecule has 12 heavy (non-hydrogen) atoms. The Hall–Kier alpha value is 1.05. The molecule has 0 atom stereocenters. The maximum absolute atomic E-state index is 11.5. The smallest absolute Gasteiger partial charge is 0.438 e. The molecule has 0 spiro atoms. The van der Waals surface area contributed by atoms with Crippen molar-refractivity contribution in [1.29, 1.82) is 0 Å². The van der Waals surface area contributed by atoms with Crippen molar-refractivity contribution in [1.82, 2.24) is 0 Å². The van der Waals surface area contributed by atoms with Gasteiger partial charge in [-0.2, -0.15) is 0 Å². The van der Waals surface area contributed by atoms with Crippen LogP contribution in [-0.4, -0.2) is 6.98 Å². The zero-order chi connectivity index (χ0) is 8.74. The zero-order valence-corrected chi connectivity index (χ0v) is 10.7. The number of hydrogen-bond acceptors (Lipinski definition) is 0. The second kappa shape index (κ2) is 8.64. The quantitative estimate of drug-likeness (QED) is 0.342. The van der Waals surface area contributed by atoms with Crippen LogP contribution in [0.3, 0.4) is 0 Å². The summed E-state index contributed by atoms with van der Waals surface area (Å²) in [5, 5.41) is 0. The summed E-state index contributed by atoms with van der Waals surface area (Å²) in [6.45, 7) is -2.88. The third-order valence-corrected chi connectivity index (χ3v) is 1.17. The van der Waals surface area contributed by atoms with Gasteiger partial charge in [-0.3, -0.25) is 0 Å².